The zero-order chi connectivity index (χ0) is 14.8. The van der Waals surface area contributed by atoms with E-state index in [0.717, 1.165) is 25.3 Å². The molecule has 0 unspecified atom stereocenters. The second-order valence-electron chi connectivity index (χ2n) is 5.16. The van der Waals surface area contributed by atoms with Gasteiger partial charge in [0.25, 0.3) is 5.91 Å². The first-order valence-electron chi connectivity index (χ1n) is 6.59. The number of hydrogen-bond donors (Lipinski definition) is 4. The van der Waals surface area contributed by atoms with E-state index < -0.39 is 17.4 Å². The lowest BCUT2D eigenvalue weighted by Gasteiger charge is -2.35. The number of nitrogens with one attached hydrogen (secondary N) is 1. The van der Waals surface area contributed by atoms with Crippen LogP contribution in [0.4, 0.5) is 0 Å². The predicted octanol–water partition coefficient (Wildman–Crippen LogP) is 1.02. The zero-order valence-electron chi connectivity index (χ0n) is 11.1. The molecule has 108 valence electrons. The van der Waals surface area contributed by atoms with Crippen LogP contribution in [0, 0.1) is 0 Å². The van der Waals surface area contributed by atoms with E-state index >= 15 is 0 Å². The van der Waals surface area contributed by atoms with Crippen LogP contribution in [0.3, 0.4) is 0 Å². The molecule has 0 bridgehead atoms. The van der Waals surface area contributed by atoms with Crippen molar-refractivity contribution in [2.45, 2.75) is 37.6 Å². The van der Waals surface area contributed by atoms with Crippen LogP contribution < -0.4 is 11.1 Å². The Kier molecular flexibility index (Phi) is 3.83. The Labute approximate surface area is 116 Å². The molecule has 0 spiro atoms. The zero-order valence-corrected chi connectivity index (χ0v) is 11.1. The minimum Gasteiger partial charge on any atom is -0.508 e. The largest absolute Gasteiger partial charge is 0.508 e. The van der Waals surface area contributed by atoms with Crippen LogP contribution in [0.25, 0.3) is 0 Å². The van der Waals surface area contributed by atoms with Crippen LogP contribution in [0.2, 0.25) is 0 Å². The molecule has 0 aromatic heterocycles. The Morgan fingerprint density at radius 3 is 2.35 bits per heavy atom. The van der Waals surface area contributed by atoms with Crippen LogP contribution in [0.1, 0.15) is 42.5 Å². The van der Waals surface area contributed by atoms with Gasteiger partial charge >= 0.3 is 0 Å². The molecule has 1 saturated carbocycles. The van der Waals surface area contributed by atoms with Crippen LogP contribution >= 0.6 is 0 Å². The summed E-state index contributed by atoms with van der Waals surface area (Å²) in [5.74, 6) is -1.59. The van der Waals surface area contributed by atoms with E-state index in [4.69, 9.17) is 5.73 Å². The van der Waals surface area contributed by atoms with Crippen molar-refractivity contribution in [2.24, 2.45) is 5.73 Å². The molecule has 6 nitrogen and oxygen atoms in total. The third kappa shape index (κ3) is 2.68. The highest BCUT2D eigenvalue weighted by Gasteiger charge is 2.39. The first kappa shape index (κ1) is 14.2. The third-order valence-corrected chi connectivity index (χ3v) is 3.76. The summed E-state index contributed by atoms with van der Waals surface area (Å²) in [5.41, 5.74) is 4.40. The fourth-order valence-electron chi connectivity index (χ4n) is 2.59. The molecule has 0 radical (unpaired) electrons. The molecule has 1 aliphatic rings. The van der Waals surface area contributed by atoms with Gasteiger partial charge in [0.1, 0.15) is 17.0 Å². The molecule has 5 N–H and O–H groups in total. The van der Waals surface area contributed by atoms with Gasteiger partial charge in [0, 0.05) is 6.07 Å². The quantitative estimate of drug-likeness (QED) is 0.661. The number of phenols is 2. The Morgan fingerprint density at radius 2 is 1.80 bits per heavy atom. The molecule has 1 aromatic carbocycles. The predicted molar refractivity (Wildman–Crippen MR) is 72.2 cm³/mol. The van der Waals surface area contributed by atoms with Gasteiger partial charge in [-0.2, -0.15) is 0 Å². The number of amides is 2. The van der Waals surface area contributed by atoms with Crippen molar-refractivity contribution in [1.29, 1.82) is 0 Å². The molecule has 1 aliphatic carbocycles. The van der Waals surface area contributed by atoms with E-state index in [1.807, 2.05) is 0 Å². The van der Waals surface area contributed by atoms with E-state index in [2.05, 4.69) is 5.32 Å². The first-order chi connectivity index (χ1) is 9.44. The lowest BCUT2D eigenvalue weighted by molar-refractivity contribution is -0.125. The van der Waals surface area contributed by atoms with Crippen molar-refractivity contribution >= 4 is 11.8 Å². The minimum absolute atomic E-state index is 0.00833. The monoisotopic (exact) mass is 278 g/mol. The van der Waals surface area contributed by atoms with Crippen LogP contribution in [0.15, 0.2) is 18.2 Å². The van der Waals surface area contributed by atoms with Crippen molar-refractivity contribution in [3.05, 3.63) is 23.8 Å². The Hall–Kier alpha value is -2.24. The number of primary amides is 1. The molecule has 0 heterocycles. The number of benzene rings is 1. The van der Waals surface area contributed by atoms with Gasteiger partial charge in [-0.15, -0.1) is 0 Å². The molecule has 1 aromatic rings. The summed E-state index contributed by atoms with van der Waals surface area (Å²) < 4.78 is 0. The summed E-state index contributed by atoms with van der Waals surface area (Å²) in [5, 5.41) is 21.5. The van der Waals surface area contributed by atoms with Gasteiger partial charge in [-0.1, -0.05) is 19.3 Å². The maximum absolute atomic E-state index is 12.2. The summed E-state index contributed by atoms with van der Waals surface area (Å²) in [6.07, 6.45) is 3.67. The van der Waals surface area contributed by atoms with Gasteiger partial charge in [0.05, 0.1) is 5.56 Å². The molecule has 2 rings (SSSR count). The van der Waals surface area contributed by atoms with Crippen molar-refractivity contribution in [3.8, 4) is 11.5 Å². The van der Waals surface area contributed by atoms with E-state index in [1.54, 1.807) is 0 Å². The molecule has 1 fully saturated rings. The number of aromatic hydroxyl groups is 2. The van der Waals surface area contributed by atoms with Crippen molar-refractivity contribution in [2.75, 3.05) is 0 Å². The Morgan fingerprint density at radius 1 is 1.15 bits per heavy atom. The van der Waals surface area contributed by atoms with Crippen LogP contribution in [-0.2, 0) is 4.79 Å². The number of hydrogen-bond acceptors (Lipinski definition) is 4. The smallest absolute Gasteiger partial charge is 0.255 e. The van der Waals surface area contributed by atoms with Crippen molar-refractivity contribution in [1.82, 2.24) is 5.32 Å². The number of carbonyl (C=O) groups excluding carboxylic acids is 2. The minimum atomic E-state index is -1.04. The highest BCUT2D eigenvalue weighted by atomic mass is 16.3. The fourth-order valence-corrected chi connectivity index (χ4v) is 2.59. The molecule has 2 amide bonds. The van der Waals surface area contributed by atoms with Crippen molar-refractivity contribution < 1.29 is 19.8 Å². The Balaban J connectivity index is 2.22. The second kappa shape index (κ2) is 5.40. The number of nitrogens with two attached hydrogens (primary N) is 1. The van der Waals surface area contributed by atoms with Gasteiger partial charge in [-0.05, 0) is 25.0 Å². The number of carbonyl (C=O) groups is 2. The van der Waals surface area contributed by atoms with E-state index in [-0.39, 0.29) is 17.1 Å². The highest BCUT2D eigenvalue weighted by molar-refractivity contribution is 6.00. The highest BCUT2D eigenvalue weighted by Crippen LogP contribution is 2.29. The van der Waals surface area contributed by atoms with Crippen LogP contribution in [0.5, 0.6) is 11.5 Å². The molecule has 6 heteroatoms. The maximum Gasteiger partial charge on any atom is 0.255 e. The lowest BCUT2D eigenvalue weighted by Crippen LogP contribution is -2.58. The lowest BCUT2D eigenvalue weighted by atomic mass is 9.81. The third-order valence-electron chi connectivity index (χ3n) is 3.76. The molecular weight excluding hydrogens is 260 g/mol. The molecule has 0 atom stereocenters. The second-order valence-corrected chi connectivity index (χ2v) is 5.16. The standard InChI is InChI=1S/C14H18N2O4/c15-13(20)14(6-2-1-3-7-14)16-12(19)10-5-4-9(17)8-11(10)18/h4-5,8,17-18H,1-3,6-7H2,(H2,15,20)(H,16,19). The van der Waals surface area contributed by atoms with Crippen molar-refractivity contribution in [3.63, 3.8) is 0 Å². The number of rotatable bonds is 3. The number of phenolic OH excluding ortho intramolecular Hbond substituents is 2. The van der Waals surface area contributed by atoms with Gasteiger partial charge in [0.15, 0.2) is 0 Å². The topological polar surface area (TPSA) is 113 Å². The van der Waals surface area contributed by atoms with Gasteiger partial charge in [0.2, 0.25) is 5.91 Å². The summed E-state index contributed by atoms with van der Waals surface area (Å²) in [6, 6.07) is 3.68. The SMILES string of the molecule is NC(=O)C1(NC(=O)c2ccc(O)cc2O)CCCCC1. The summed E-state index contributed by atoms with van der Waals surface area (Å²) in [7, 11) is 0. The summed E-state index contributed by atoms with van der Waals surface area (Å²) in [4.78, 5) is 23.9. The maximum atomic E-state index is 12.2. The van der Waals surface area contributed by atoms with Gasteiger partial charge < -0.3 is 21.3 Å². The Bertz CT molecular complexity index is 536. The first-order valence-corrected chi connectivity index (χ1v) is 6.59. The van der Waals surface area contributed by atoms with E-state index in [0.29, 0.717) is 12.8 Å². The molecule has 0 aliphatic heterocycles. The summed E-state index contributed by atoms with van der Waals surface area (Å²) >= 11 is 0. The van der Waals surface area contributed by atoms with Crippen LogP contribution in [-0.4, -0.2) is 27.6 Å². The van der Waals surface area contributed by atoms with Gasteiger partial charge in [-0.25, -0.2) is 0 Å². The average molecular weight is 278 g/mol. The van der Waals surface area contributed by atoms with Gasteiger partial charge in [-0.3, -0.25) is 9.59 Å². The summed E-state index contributed by atoms with van der Waals surface area (Å²) in [6.45, 7) is 0. The normalized spacial score (nSPS) is 17.4. The average Bonchev–Trinajstić information content (AvgIpc) is 2.39. The molecule has 0 saturated heterocycles. The fraction of sp³-hybridized carbons (Fsp3) is 0.429. The van der Waals surface area contributed by atoms with E-state index in [1.165, 1.54) is 12.1 Å². The molecule has 20 heavy (non-hydrogen) atoms. The molecular formula is C14H18N2O4. The van der Waals surface area contributed by atoms with E-state index in [9.17, 15) is 19.8 Å².